The highest BCUT2D eigenvalue weighted by Crippen LogP contribution is 2.14. The molecule has 0 amide bonds. The quantitative estimate of drug-likeness (QED) is 0.583. The maximum atomic E-state index is 11.6. The van der Waals surface area contributed by atoms with E-state index in [1.807, 2.05) is 0 Å². The molecule has 1 rings (SSSR count). The number of hydrogen-bond acceptors (Lipinski definition) is 5. The number of nitrogens with one attached hydrogen (secondary N) is 1. The monoisotopic (exact) mass is 278 g/mol. The first-order valence-electron chi connectivity index (χ1n) is 6.24. The molecule has 0 aliphatic rings. The molecule has 6 nitrogen and oxygen atoms in total. The molecule has 0 atom stereocenters. The Bertz CT molecular complexity index is 533. The fourth-order valence-corrected chi connectivity index (χ4v) is 1.50. The minimum absolute atomic E-state index is 0.0266. The zero-order valence-corrected chi connectivity index (χ0v) is 12.2. The smallest absolute Gasteiger partial charge is 0.325 e. The van der Waals surface area contributed by atoms with Crippen LogP contribution in [0.5, 0.6) is 0 Å². The van der Waals surface area contributed by atoms with E-state index in [4.69, 9.17) is 10.1 Å². The summed E-state index contributed by atoms with van der Waals surface area (Å²) in [4.78, 5) is 26.9. The van der Waals surface area contributed by atoms with Crippen molar-refractivity contribution in [2.75, 3.05) is 11.9 Å². The molecule has 0 bridgehead atoms. The number of ether oxygens (including phenoxy) is 1. The molecule has 0 saturated carbocycles. The van der Waals surface area contributed by atoms with E-state index in [-0.39, 0.29) is 18.0 Å². The highest BCUT2D eigenvalue weighted by atomic mass is 16.6. The number of esters is 1. The van der Waals surface area contributed by atoms with Crippen LogP contribution in [-0.2, 0) is 14.3 Å². The van der Waals surface area contributed by atoms with Gasteiger partial charge in [-0.25, -0.2) is 0 Å². The molecule has 1 aromatic heterocycles. The molecule has 0 saturated heterocycles. The zero-order chi connectivity index (χ0) is 15.3. The van der Waals surface area contributed by atoms with Gasteiger partial charge in [-0.3, -0.25) is 20.0 Å². The summed E-state index contributed by atoms with van der Waals surface area (Å²) in [6.07, 6.45) is 3.04. The number of nitrogens with two attached hydrogens (primary N) is 1. The molecule has 0 unspecified atom stereocenters. The van der Waals surface area contributed by atoms with Crippen LogP contribution in [0.25, 0.3) is 0 Å². The van der Waals surface area contributed by atoms with E-state index < -0.39 is 11.6 Å². The number of nitrogens with zero attached hydrogens (tertiary/aromatic N) is 1. The first-order valence-corrected chi connectivity index (χ1v) is 6.24. The Morgan fingerprint density at radius 1 is 1.40 bits per heavy atom. The van der Waals surface area contributed by atoms with Gasteiger partial charge in [-0.2, -0.15) is 0 Å². The number of ketones is 1. The molecular formula is C14H20N3O3+. The van der Waals surface area contributed by atoms with Crippen LogP contribution in [-0.4, -0.2) is 34.6 Å². The summed E-state index contributed by atoms with van der Waals surface area (Å²) in [7, 11) is 0. The Balaban J connectivity index is 2.76. The maximum absolute atomic E-state index is 11.6. The van der Waals surface area contributed by atoms with E-state index in [9.17, 15) is 9.59 Å². The second kappa shape index (κ2) is 6.27. The fraction of sp³-hybridized carbons (Fsp3) is 0.429. The van der Waals surface area contributed by atoms with Gasteiger partial charge in [-0.05, 0) is 26.8 Å². The molecule has 0 fully saturated rings. The Kier molecular flexibility index (Phi) is 4.96. The molecule has 0 aromatic carbocycles. The van der Waals surface area contributed by atoms with Crippen LogP contribution in [0.15, 0.2) is 18.5 Å². The van der Waals surface area contributed by atoms with Crippen LogP contribution in [0.2, 0.25) is 0 Å². The third kappa shape index (κ3) is 4.79. The van der Waals surface area contributed by atoms with Gasteiger partial charge in [0.1, 0.15) is 12.1 Å². The maximum Gasteiger partial charge on any atom is 0.325 e. The summed E-state index contributed by atoms with van der Waals surface area (Å²) in [5.74, 6) is -0.634. The number of rotatable bonds is 5. The van der Waals surface area contributed by atoms with Gasteiger partial charge in [0.2, 0.25) is 11.5 Å². The SMILES string of the molecule is CC(=O)C(=[NH2+])c1ccncc1NCC(=O)OC(C)(C)C. The van der Waals surface area contributed by atoms with E-state index >= 15 is 0 Å². The van der Waals surface area contributed by atoms with E-state index in [1.54, 1.807) is 26.8 Å². The lowest BCUT2D eigenvalue weighted by atomic mass is 10.1. The molecule has 1 heterocycles. The molecule has 0 aliphatic heterocycles. The van der Waals surface area contributed by atoms with E-state index in [0.29, 0.717) is 11.3 Å². The average molecular weight is 278 g/mol. The first kappa shape index (κ1) is 15.8. The summed E-state index contributed by atoms with van der Waals surface area (Å²) in [5.41, 5.74) is 0.627. The van der Waals surface area contributed by atoms with Crippen molar-refractivity contribution in [1.29, 1.82) is 0 Å². The summed E-state index contributed by atoms with van der Waals surface area (Å²) in [5, 5.41) is 8.61. The van der Waals surface area contributed by atoms with Gasteiger partial charge >= 0.3 is 5.97 Å². The van der Waals surface area contributed by atoms with Crippen LogP contribution in [0.3, 0.4) is 0 Å². The molecule has 108 valence electrons. The van der Waals surface area contributed by atoms with Crippen molar-refractivity contribution < 1.29 is 19.7 Å². The lowest BCUT2D eigenvalue weighted by Gasteiger charge is -2.19. The van der Waals surface area contributed by atoms with Crippen molar-refractivity contribution in [3.8, 4) is 0 Å². The van der Waals surface area contributed by atoms with E-state index in [0.717, 1.165) is 0 Å². The Labute approximate surface area is 118 Å². The molecule has 6 heteroatoms. The third-order valence-corrected chi connectivity index (χ3v) is 2.33. The van der Waals surface area contributed by atoms with Gasteiger partial charge in [0.05, 0.1) is 17.4 Å². The molecular weight excluding hydrogens is 258 g/mol. The van der Waals surface area contributed by atoms with Crippen molar-refractivity contribution in [2.45, 2.75) is 33.3 Å². The molecule has 0 spiro atoms. The first-order chi connectivity index (χ1) is 9.20. The molecule has 1 aromatic rings. The van der Waals surface area contributed by atoms with Crippen molar-refractivity contribution in [2.24, 2.45) is 0 Å². The number of carbonyl (C=O) groups is 2. The predicted molar refractivity (Wildman–Crippen MR) is 75.3 cm³/mol. The minimum Gasteiger partial charge on any atom is -0.459 e. The Hall–Kier alpha value is -2.24. The van der Waals surface area contributed by atoms with Gasteiger partial charge in [0, 0.05) is 13.1 Å². The van der Waals surface area contributed by atoms with Crippen LogP contribution in [0.4, 0.5) is 5.69 Å². The topological polar surface area (TPSA) is 93.9 Å². The molecule has 3 N–H and O–H groups in total. The highest BCUT2D eigenvalue weighted by molar-refractivity contribution is 6.43. The number of Topliss-reactive ketones (excluding diaryl/α,β-unsaturated/α-hetero) is 1. The largest absolute Gasteiger partial charge is 0.459 e. The lowest BCUT2D eigenvalue weighted by molar-refractivity contribution is -0.152. The lowest BCUT2D eigenvalue weighted by Crippen LogP contribution is -2.45. The van der Waals surface area contributed by atoms with Gasteiger partial charge in [0.25, 0.3) is 0 Å². The normalized spacial score (nSPS) is 10.8. The van der Waals surface area contributed by atoms with Crippen LogP contribution >= 0.6 is 0 Å². The number of pyridine rings is 1. The summed E-state index contributed by atoms with van der Waals surface area (Å²) in [6, 6.07) is 1.62. The van der Waals surface area contributed by atoms with Crippen LogP contribution < -0.4 is 10.7 Å². The predicted octanol–water partition coefficient (Wildman–Crippen LogP) is -0.0276. The number of carbonyl (C=O) groups excluding carboxylic acids is 2. The summed E-state index contributed by atoms with van der Waals surface area (Å²) in [6.45, 7) is 6.74. The number of aromatic nitrogens is 1. The number of hydrogen-bond donors (Lipinski definition) is 2. The van der Waals surface area contributed by atoms with E-state index in [2.05, 4.69) is 10.3 Å². The fourth-order valence-electron chi connectivity index (χ4n) is 1.50. The van der Waals surface area contributed by atoms with Gasteiger partial charge in [-0.15, -0.1) is 0 Å². The highest BCUT2D eigenvalue weighted by Gasteiger charge is 2.19. The van der Waals surface area contributed by atoms with Crippen molar-refractivity contribution >= 4 is 23.2 Å². The van der Waals surface area contributed by atoms with Gasteiger partial charge in [-0.1, -0.05) is 0 Å². The molecule has 20 heavy (non-hydrogen) atoms. The van der Waals surface area contributed by atoms with Crippen molar-refractivity contribution in [3.63, 3.8) is 0 Å². The van der Waals surface area contributed by atoms with Gasteiger partial charge < -0.3 is 10.1 Å². The minimum atomic E-state index is -0.541. The van der Waals surface area contributed by atoms with Crippen molar-refractivity contribution in [3.05, 3.63) is 24.0 Å². The van der Waals surface area contributed by atoms with Gasteiger partial charge in [0.15, 0.2) is 0 Å². The molecule has 0 aliphatic carbocycles. The average Bonchev–Trinajstić information content (AvgIpc) is 2.33. The second-order valence-electron chi connectivity index (χ2n) is 5.33. The zero-order valence-electron chi connectivity index (χ0n) is 12.2. The Morgan fingerprint density at radius 2 is 2.05 bits per heavy atom. The summed E-state index contributed by atoms with van der Waals surface area (Å²) >= 11 is 0. The summed E-state index contributed by atoms with van der Waals surface area (Å²) < 4.78 is 5.18. The van der Waals surface area contributed by atoms with Crippen molar-refractivity contribution in [1.82, 2.24) is 4.98 Å². The Morgan fingerprint density at radius 3 is 2.60 bits per heavy atom. The second-order valence-corrected chi connectivity index (χ2v) is 5.33. The standard InChI is InChI=1S/C14H19N3O3/c1-9(18)13(15)10-5-6-16-7-11(10)17-8-12(19)20-14(2,3)4/h5-7,15,17H,8H2,1-4H3/p+1. The van der Waals surface area contributed by atoms with E-state index in [1.165, 1.54) is 19.3 Å². The molecule has 0 radical (unpaired) electrons. The number of anilines is 1. The van der Waals surface area contributed by atoms with Crippen LogP contribution in [0, 0.1) is 0 Å². The van der Waals surface area contributed by atoms with Crippen LogP contribution in [0.1, 0.15) is 33.3 Å². The third-order valence-electron chi connectivity index (χ3n) is 2.33.